The van der Waals surface area contributed by atoms with Crippen molar-refractivity contribution in [3.8, 4) is 0 Å². The number of ether oxygens (including phenoxy) is 2. The number of esters is 1. The molecule has 0 aliphatic heterocycles. The summed E-state index contributed by atoms with van der Waals surface area (Å²) in [5.41, 5.74) is 3.01. The third-order valence-corrected chi connectivity index (χ3v) is 4.52. The van der Waals surface area contributed by atoms with Crippen LogP contribution < -0.4 is 5.32 Å². The second-order valence-electron chi connectivity index (χ2n) is 6.25. The maximum atomic E-state index is 12.1. The van der Waals surface area contributed by atoms with E-state index in [1.807, 2.05) is 35.0 Å². The lowest BCUT2D eigenvalue weighted by atomic mass is 9.93. The number of aromatic nitrogens is 2. The summed E-state index contributed by atoms with van der Waals surface area (Å²) in [6, 6.07) is 9.45. The average molecular weight is 357 g/mol. The number of benzene rings is 1. The van der Waals surface area contributed by atoms with Crippen LogP contribution in [0.3, 0.4) is 0 Å². The van der Waals surface area contributed by atoms with Crippen LogP contribution in [0.5, 0.6) is 0 Å². The minimum absolute atomic E-state index is 0.117. The summed E-state index contributed by atoms with van der Waals surface area (Å²) >= 11 is 0. The lowest BCUT2D eigenvalue weighted by molar-refractivity contribution is -0.140. The smallest absolute Gasteiger partial charge is 0.407 e. The molecule has 1 N–H and O–H groups in total. The van der Waals surface area contributed by atoms with Crippen LogP contribution in [-0.4, -0.2) is 29.0 Å². The van der Waals surface area contributed by atoms with E-state index in [2.05, 4.69) is 15.2 Å². The third-order valence-electron chi connectivity index (χ3n) is 4.52. The van der Waals surface area contributed by atoms with E-state index in [-0.39, 0.29) is 25.0 Å². The van der Waals surface area contributed by atoms with Gasteiger partial charge in [-0.2, -0.15) is 5.10 Å². The fraction of sp³-hybridized carbons (Fsp3) is 0.421. The van der Waals surface area contributed by atoms with E-state index in [0.29, 0.717) is 6.54 Å². The summed E-state index contributed by atoms with van der Waals surface area (Å²) in [6.07, 6.45) is 4.29. The van der Waals surface area contributed by atoms with Crippen LogP contribution in [-0.2, 0) is 33.8 Å². The molecule has 0 saturated heterocycles. The highest BCUT2D eigenvalue weighted by Gasteiger charge is 2.26. The Morgan fingerprint density at radius 1 is 1.31 bits per heavy atom. The van der Waals surface area contributed by atoms with E-state index < -0.39 is 6.09 Å². The number of rotatable bonds is 6. The second-order valence-corrected chi connectivity index (χ2v) is 6.25. The molecule has 138 valence electrons. The van der Waals surface area contributed by atoms with E-state index in [0.717, 1.165) is 36.1 Å². The molecule has 3 rings (SSSR count). The highest BCUT2D eigenvalue weighted by Crippen LogP contribution is 2.29. The van der Waals surface area contributed by atoms with Gasteiger partial charge in [0, 0.05) is 11.3 Å². The number of hydrogen-bond acceptors (Lipinski definition) is 5. The van der Waals surface area contributed by atoms with Crippen molar-refractivity contribution in [3.05, 3.63) is 53.3 Å². The Bertz CT molecular complexity index is 757. The quantitative estimate of drug-likeness (QED) is 0.804. The summed E-state index contributed by atoms with van der Waals surface area (Å²) in [5, 5.41) is 7.30. The van der Waals surface area contributed by atoms with Crippen molar-refractivity contribution in [3.63, 3.8) is 0 Å². The maximum Gasteiger partial charge on any atom is 0.407 e. The van der Waals surface area contributed by atoms with Crippen molar-refractivity contribution in [2.24, 2.45) is 0 Å². The summed E-state index contributed by atoms with van der Waals surface area (Å²) in [6.45, 7) is 0.720. The molecular formula is C19H23N3O4. The van der Waals surface area contributed by atoms with Gasteiger partial charge < -0.3 is 14.8 Å². The first-order valence-electron chi connectivity index (χ1n) is 8.76. The van der Waals surface area contributed by atoms with Gasteiger partial charge in [-0.25, -0.2) is 4.79 Å². The first-order valence-corrected chi connectivity index (χ1v) is 8.76. The summed E-state index contributed by atoms with van der Waals surface area (Å²) in [5.74, 6) is -0.260. The van der Waals surface area contributed by atoms with Gasteiger partial charge in [0.2, 0.25) is 0 Å². The monoisotopic (exact) mass is 357 g/mol. The Morgan fingerprint density at radius 2 is 2.12 bits per heavy atom. The minimum Gasteiger partial charge on any atom is -0.469 e. The molecule has 1 amide bonds. The standard InChI is InChI=1S/C19H23N3O4/c1-25-18(23)10-11-22-17-9-5-8-16(15(17)12-20-22)21-19(24)26-13-14-6-3-2-4-7-14/h2-4,6-7,12,16H,5,8-11,13H2,1H3,(H,21,24)/t16-/m1/s1. The molecule has 0 bridgehead atoms. The number of nitrogens with zero attached hydrogens (tertiary/aromatic N) is 2. The molecule has 0 unspecified atom stereocenters. The number of amides is 1. The van der Waals surface area contributed by atoms with Gasteiger partial charge in [-0.05, 0) is 24.8 Å². The van der Waals surface area contributed by atoms with Gasteiger partial charge in [0.25, 0.3) is 0 Å². The van der Waals surface area contributed by atoms with Gasteiger partial charge >= 0.3 is 12.1 Å². The van der Waals surface area contributed by atoms with E-state index in [1.165, 1.54) is 7.11 Å². The molecule has 1 heterocycles. The molecular weight excluding hydrogens is 334 g/mol. The summed E-state index contributed by atoms with van der Waals surface area (Å²) < 4.78 is 11.8. The zero-order valence-corrected chi connectivity index (χ0v) is 14.8. The molecule has 7 nitrogen and oxygen atoms in total. The normalized spacial score (nSPS) is 15.8. The summed E-state index contributed by atoms with van der Waals surface area (Å²) in [7, 11) is 1.38. The molecule has 1 aromatic carbocycles. The number of aryl methyl sites for hydroxylation is 1. The average Bonchev–Trinajstić information content (AvgIpc) is 3.09. The highest BCUT2D eigenvalue weighted by molar-refractivity contribution is 5.69. The van der Waals surface area contributed by atoms with Crippen LogP contribution >= 0.6 is 0 Å². The molecule has 0 fully saturated rings. The van der Waals surface area contributed by atoms with Crippen molar-refractivity contribution in [2.75, 3.05) is 7.11 Å². The zero-order chi connectivity index (χ0) is 18.4. The number of nitrogens with one attached hydrogen (secondary N) is 1. The highest BCUT2D eigenvalue weighted by atomic mass is 16.5. The van der Waals surface area contributed by atoms with Gasteiger partial charge in [0.15, 0.2) is 0 Å². The number of hydrogen-bond donors (Lipinski definition) is 1. The predicted octanol–water partition coefficient (Wildman–Crippen LogP) is 2.75. The van der Waals surface area contributed by atoms with Gasteiger partial charge in [-0.15, -0.1) is 0 Å². The predicted molar refractivity (Wildman–Crippen MR) is 94.3 cm³/mol. The lowest BCUT2D eigenvalue weighted by Crippen LogP contribution is -2.31. The largest absolute Gasteiger partial charge is 0.469 e. The van der Waals surface area contributed by atoms with Crippen LogP contribution in [0.25, 0.3) is 0 Å². The number of carbonyl (C=O) groups excluding carboxylic acids is 2. The Labute approximate surface area is 152 Å². The number of alkyl carbamates (subject to hydrolysis) is 1. The fourth-order valence-electron chi connectivity index (χ4n) is 3.17. The van der Waals surface area contributed by atoms with Crippen LogP contribution in [0.4, 0.5) is 4.79 Å². The molecule has 2 aromatic rings. The van der Waals surface area contributed by atoms with Crippen LogP contribution in [0.1, 0.15) is 42.1 Å². The van der Waals surface area contributed by atoms with E-state index >= 15 is 0 Å². The molecule has 1 aliphatic carbocycles. The van der Waals surface area contributed by atoms with Crippen molar-refractivity contribution < 1.29 is 19.1 Å². The van der Waals surface area contributed by atoms with Gasteiger partial charge in [-0.3, -0.25) is 9.48 Å². The van der Waals surface area contributed by atoms with Crippen LogP contribution in [0.15, 0.2) is 36.5 Å². The van der Waals surface area contributed by atoms with Crippen molar-refractivity contribution >= 4 is 12.1 Å². The fourth-order valence-corrected chi connectivity index (χ4v) is 3.17. The molecule has 1 aromatic heterocycles. The van der Waals surface area contributed by atoms with E-state index in [1.54, 1.807) is 6.20 Å². The van der Waals surface area contributed by atoms with Crippen LogP contribution in [0.2, 0.25) is 0 Å². The second kappa shape index (κ2) is 8.51. The number of carbonyl (C=O) groups is 2. The minimum atomic E-state index is -0.436. The Morgan fingerprint density at radius 3 is 2.88 bits per heavy atom. The van der Waals surface area contributed by atoms with Crippen molar-refractivity contribution in [1.29, 1.82) is 0 Å². The number of fused-ring (bicyclic) bond motifs is 1. The van der Waals surface area contributed by atoms with Gasteiger partial charge in [-0.1, -0.05) is 30.3 Å². The first-order chi connectivity index (χ1) is 12.7. The Balaban J connectivity index is 1.58. The molecule has 1 atom stereocenters. The van der Waals surface area contributed by atoms with Gasteiger partial charge in [0.1, 0.15) is 6.61 Å². The third kappa shape index (κ3) is 4.41. The molecule has 0 saturated carbocycles. The topological polar surface area (TPSA) is 82.5 Å². The van der Waals surface area contributed by atoms with Crippen molar-refractivity contribution in [2.45, 2.75) is 44.9 Å². The Kier molecular flexibility index (Phi) is 5.88. The molecule has 1 aliphatic rings. The molecule has 26 heavy (non-hydrogen) atoms. The molecule has 0 spiro atoms. The SMILES string of the molecule is COC(=O)CCn1ncc2c1CCC[C@H]2NC(=O)OCc1ccccc1. The number of methoxy groups -OCH3 is 1. The van der Waals surface area contributed by atoms with Crippen LogP contribution in [0, 0.1) is 0 Å². The van der Waals surface area contributed by atoms with Gasteiger partial charge in [0.05, 0.1) is 32.3 Å². The Hall–Kier alpha value is -2.83. The summed E-state index contributed by atoms with van der Waals surface area (Å²) in [4.78, 5) is 23.5. The molecule has 7 heteroatoms. The van der Waals surface area contributed by atoms with Crippen molar-refractivity contribution in [1.82, 2.24) is 15.1 Å². The maximum absolute atomic E-state index is 12.1. The lowest BCUT2D eigenvalue weighted by Gasteiger charge is -2.24. The van der Waals surface area contributed by atoms with E-state index in [4.69, 9.17) is 4.74 Å². The van der Waals surface area contributed by atoms with E-state index in [9.17, 15) is 9.59 Å². The molecule has 0 radical (unpaired) electrons. The zero-order valence-electron chi connectivity index (χ0n) is 14.8. The first kappa shape index (κ1) is 18.0.